The number of ether oxygens (including phenoxy) is 2. The van der Waals surface area contributed by atoms with E-state index in [0.717, 1.165) is 31.1 Å². The summed E-state index contributed by atoms with van der Waals surface area (Å²) in [5, 5.41) is 0. The number of primary amides is 1. The first-order valence-corrected chi connectivity index (χ1v) is 9.45. The maximum absolute atomic E-state index is 10.9. The van der Waals surface area contributed by atoms with Gasteiger partial charge in [-0.25, -0.2) is 4.79 Å². The first-order chi connectivity index (χ1) is 12.6. The van der Waals surface area contributed by atoms with Gasteiger partial charge in [0.1, 0.15) is 11.9 Å². The molecule has 8 heteroatoms. The molecule has 2 fully saturated rings. The molecule has 1 saturated carbocycles. The first-order valence-electron chi connectivity index (χ1n) is 9.45. The molecule has 0 atom stereocenters. The van der Waals surface area contributed by atoms with E-state index in [1.807, 2.05) is 45.9 Å². The van der Waals surface area contributed by atoms with Crippen molar-refractivity contribution in [3.63, 3.8) is 0 Å². The minimum absolute atomic E-state index is 0.0301. The van der Waals surface area contributed by atoms with Gasteiger partial charge in [0.05, 0.1) is 17.3 Å². The fraction of sp³-hybridized carbons (Fsp3) is 0.632. The lowest BCUT2D eigenvalue weighted by atomic mass is 9.78. The average Bonchev–Trinajstić information content (AvgIpc) is 2.78. The second-order valence-electron chi connectivity index (χ2n) is 8.34. The van der Waals surface area contributed by atoms with Crippen LogP contribution in [0.3, 0.4) is 0 Å². The minimum atomic E-state index is -0.721. The van der Waals surface area contributed by atoms with Crippen molar-refractivity contribution >= 4 is 24.4 Å². The normalized spacial score (nSPS) is 26.6. The number of amides is 1. The second kappa shape index (κ2) is 7.24. The lowest BCUT2D eigenvalue weighted by Crippen LogP contribution is -2.41. The van der Waals surface area contributed by atoms with Crippen LogP contribution < -0.4 is 21.7 Å². The quantitative estimate of drug-likeness (QED) is 0.617. The third-order valence-electron chi connectivity index (χ3n) is 5.74. The van der Waals surface area contributed by atoms with E-state index in [2.05, 4.69) is 0 Å². The van der Waals surface area contributed by atoms with Crippen LogP contribution in [0.1, 0.15) is 53.4 Å². The second-order valence-corrected chi connectivity index (χ2v) is 8.34. The van der Waals surface area contributed by atoms with Gasteiger partial charge in [0.2, 0.25) is 0 Å². The molecule has 4 N–H and O–H groups in total. The predicted octanol–water partition coefficient (Wildman–Crippen LogP) is 2.35. The van der Waals surface area contributed by atoms with Crippen molar-refractivity contribution in [3.05, 3.63) is 18.2 Å². The van der Waals surface area contributed by atoms with Crippen LogP contribution in [0.2, 0.25) is 0 Å². The Balaban J connectivity index is 1.72. The summed E-state index contributed by atoms with van der Waals surface area (Å²) >= 11 is 0. The van der Waals surface area contributed by atoms with Gasteiger partial charge in [-0.3, -0.25) is 0 Å². The lowest BCUT2D eigenvalue weighted by Gasteiger charge is -2.32. The van der Waals surface area contributed by atoms with Gasteiger partial charge in [0.25, 0.3) is 0 Å². The van der Waals surface area contributed by atoms with Gasteiger partial charge in [-0.05, 0) is 71.6 Å². The molecule has 1 amide bonds. The molecule has 1 aliphatic heterocycles. The van der Waals surface area contributed by atoms with Crippen LogP contribution in [0.15, 0.2) is 18.2 Å². The van der Waals surface area contributed by atoms with Crippen LogP contribution in [0.25, 0.3) is 0 Å². The number of hydrogen-bond donors (Lipinski definition) is 2. The lowest BCUT2D eigenvalue weighted by molar-refractivity contribution is 0.00578. The van der Waals surface area contributed by atoms with E-state index in [9.17, 15) is 4.79 Å². The smallest absolute Gasteiger partial charge is 0.491 e. The Morgan fingerprint density at radius 2 is 1.63 bits per heavy atom. The zero-order valence-corrected chi connectivity index (χ0v) is 16.5. The van der Waals surface area contributed by atoms with Gasteiger partial charge in [-0.1, -0.05) is 0 Å². The minimum Gasteiger partial charge on any atom is -0.491 e. The molecule has 0 unspecified atom stereocenters. The van der Waals surface area contributed by atoms with Crippen molar-refractivity contribution in [2.45, 2.75) is 76.8 Å². The Kier molecular flexibility index (Phi) is 5.32. The number of benzene rings is 1. The van der Waals surface area contributed by atoms with Crippen LogP contribution in [0, 0.1) is 0 Å². The van der Waals surface area contributed by atoms with Crippen LogP contribution in [-0.2, 0) is 14.0 Å². The Morgan fingerprint density at radius 1 is 1.07 bits per heavy atom. The monoisotopic (exact) mass is 376 g/mol. The zero-order valence-electron chi connectivity index (χ0n) is 16.5. The summed E-state index contributed by atoms with van der Waals surface area (Å²) < 4.78 is 23.7. The SMILES string of the molecule is CC1(C)OB(c2cc(N)ccc2O[C@H]2CC[C@H](OC(N)=O)CC2)OC1(C)C. The van der Waals surface area contributed by atoms with Crippen molar-refractivity contribution in [2.24, 2.45) is 5.73 Å². The van der Waals surface area contributed by atoms with E-state index in [0.29, 0.717) is 11.4 Å². The highest BCUT2D eigenvalue weighted by molar-refractivity contribution is 6.63. The molecule has 0 aromatic heterocycles. The maximum atomic E-state index is 10.9. The molecular formula is C19H29BN2O5. The molecule has 0 bridgehead atoms. The van der Waals surface area contributed by atoms with Gasteiger partial charge < -0.3 is 30.2 Å². The van der Waals surface area contributed by atoms with E-state index >= 15 is 0 Å². The average molecular weight is 376 g/mol. The standard InChI is InChI=1S/C19H29BN2O5/c1-18(2)19(3,4)27-20(26-18)15-11-12(21)5-10-16(15)24-13-6-8-14(9-7-13)25-17(22)23/h5,10-11,13-14H,6-9,21H2,1-4H3,(H2,22,23)/t13-,14-. The van der Waals surface area contributed by atoms with Crippen LogP contribution in [-0.4, -0.2) is 36.6 Å². The summed E-state index contributed by atoms with van der Waals surface area (Å²) in [5.74, 6) is 0.710. The molecule has 1 saturated heterocycles. The number of hydrogen-bond acceptors (Lipinski definition) is 6. The van der Waals surface area contributed by atoms with E-state index in [4.69, 9.17) is 30.2 Å². The fourth-order valence-electron chi connectivity index (χ4n) is 3.44. The summed E-state index contributed by atoms with van der Waals surface area (Å²) in [4.78, 5) is 10.9. The molecule has 2 aliphatic rings. The predicted molar refractivity (Wildman–Crippen MR) is 104 cm³/mol. The first kappa shape index (κ1) is 19.8. The van der Waals surface area contributed by atoms with Gasteiger partial charge >= 0.3 is 13.2 Å². The largest absolute Gasteiger partial charge is 0.498 e. The van der Waals surface area contributed by atoms with Crippen LogP contribution >= 0.6 is 0 Å². The third-order valence-corrected chi connectivity index (χ3v) is 5.74. The van der Waals surface area contributed by atoms with E-state index in [-0.39, 0.29) is 12.2 Å². The number of nitrogens with two attached hydrogens (primary N) is 2. The van der Waals surface area contributed by atoms with Crippen LogP contribution in [0.4, 0.5) is 10.5 Å². The summed E-state index contributed by atoms with van der Waals surface area (Å²) in [6.45, 7) is 8.05. The molecule has 1 heterocycles. The Hall–Kier alpha value is -1.93. The highest BCUT2D eigenvalue weighted by Crippen LogP contribution is 2.37. The molecule has 3 rings (SSSR count). The summed E-state index contributed by atoms with van der Waals surface area (Å²) in [7, 11) is -0.539. The fourth-order valence-corrected chi connectivity index (χ4v) is 3.44. The van der Waals surface area contributed by atoms with Crippen molar-refractivity contribution in [2.75, 3.05) is 5.73 Å². The van der Waals surface area contributed by atoms with Crippen molar-refractivity contribution in [1.82, 2.24) is 0 Å². The number of carbonyl (C=O) groups is 1. The molecule has 1 aromatic carbocycles. The third kappa shape index (κ3) is 4.33. The van der Waals surface area contributed by atoms with E-state index in [1.165, 1.54) is 0 Å². The maximum Gasteiger partial charge on any atom is 0.498 e. The molecule has 27 heavy (non-hydrogen) atoms. The zero-order chi connectivity index (χ0) is 19.8. The van der Waals surface area contributed by atoms with Crippen molar-refractivity contribution in [1.29, 1.82) is 0 Å². The molecule has 0 radical (unpaired) electrons. The van der Waals surface area contributed by atoms with Gasteiger partial charge in [-0.2, -0.15) is 0 Å². The number of carbonyl (C=O) groups excluding carboxylic acids is 1. The Labute approximate surface area is 160 Å². The molecule has 1 aliphatic carbocycles. The molecular weight excluding hydrogens is 347 g/mol. The van der Waals surface area contributed by atoms with E-state index in [1.54, 1.807) is 0 Å². The van der Waals surface area contributed by atoms with Gasteiger partial charge in [0, 0.05) is 11.2 Å². The van der Waals surface area contributed by atoms with Gasteiger partial charge in [-0.15, -0.1) is 0 Å². The molecule has 148 valence electrons. The molecule has 7 nitrogen and oxygen atoms in total. The molecule has 0 spiro atoms. The number of anilines is 1. The molecule has 1 aromatic rings. The topological polar surface area (TPSA) is 106 Å². The highest BCUT2D eigenvalue weighted by atomic mass is 16.7. The van der Waals surface area contributed by atoms with Crippen LogP contribution in [0.5, 0.6) is 5.75 Å². The Morgan fingerprint density at radius 3 is 2.19 bits per heavy atom. The number of nitrogen functional groups attached to an aromatic ring is 1. The number of rotatable bonds is 4. The van der Waals surface area contributed by atoms with Crippen molar-refractivity contribution < 1.29 is 23.6 Å². The summed E-state index contributed by atoms with van der Waals surface area (Å²) in [6, 6.07) is 5.52. The van der Waals surface area contributed by atoms with Crippen molar-refractivity contribution in [3.8, 4) is 5.75 Å². The highest BCUT2D eigenvalue weighted by Gasteiger charge is 2.52. The summed E-state index contributed by atoms with van der Waals surface area (Å²) in [5.41, 5.74) is 11.6. The Bertz CT molecular complexity index is 685. The van der Waals surface area contributed by atoms with E-state index < -0.39 is 24.4 Å². The summed E-state index contributed by atoms with van der Waals surface area (Å²) in [6.07, 6.45) is 2.21. The van der Waals surface area contributed by atoms with Gasteiger partial charge in [0.15, 0.2) is 0 Å².